The number of carbonyl (C=O) groups is 1. The van der Waals surface area contributed by atoms with Gasteiger partial charge >= 0.3 is 0 Å². The molecule has 0 aliphatic carbocycles. The van der Waals surface area contributed by atoms with Gasteiger partial charge in [-0.1, -0.05) is 60.3 Å². The Bertz CT molecular complexity index is 1000. The summed E-state index contributed by atoms with van der Waals surface area (Å²) in [7, 11) is 0. The molecule has 30 heavy (non-hydrogen) atoms. The lowest BCUT2D eigenvalue weighted by Crippen LogP contribution is -2.15. The van der Waals surface area contributed by atoms with Crippen LogP contribution in [0, 0.1) is 13.8 Å². The summed E-state index contributed by atoms with van der Waals surface area (Å²) < 4.78 is 2.03. The zero-order valence-electron chi connectivity index (χ0n) is 17.3. The molecular weight excluding hydrogens is 412 g/mol. The van der Waals surface area contributed by atoms with E-state index in [0.29, 0.717) is 6.54 Å². The molecule has 0 radical (unpaired) electrons. The van der Waals surface area contributed by atoms with Gasteiger partial charge in [-0.2, -0.15) is 0 Å². The van der Waals surface area contributed by atoms with Gasteiger partial charge in [0.05, 0.1) is 11.5 Å². The number of hydrogen-bond acceptors (Lipinski definition) is 5. The van der Waals surface area contributed by atoms with Crippen LogP contribution in [0.2, 0.25) is 0 Å². The summed E-state index contributed by atoms with van der Waals surface area (Å²) in [4.78, 5) is 12.4. The Labute approximate surface area is 186 Å². The predicted octanol–water partition coefficient (Wildman–Crippen LogP) is 5.25. The Hall–Kier alpha value is -2.51. The van der Waals surface area contributed by atoms with Gasteiger partial charge in [-0.05, 0) is 36.6 Å². The molecule has 0 fully saturated rings. The summed E-state index contributed by atoms with van der Waals surface area (Å²) in [5.74, 6) is 2.79. The average Bonchev–Trinajstić information content (AvgIpc) is 3.12. The molecular formula is C23H26N4OS2. The fourth-order valence-electron chi connectivity index (χ4n) is 2.87. The van der Waals surface area contributed by atoms with Crippen LogP contribution in [-0.2, 0) is 22.8 Å². The van der Waals surface area contributed by atoms with Crippen molar-refractivity contribution in [2.45, 2.75) is 37.1 Å². The molecule has 1 N–H and O–H groups in total. The molecule has 1 heterocycles. The van der Waals surface area contributed by atoms with Gasteiger partial charge in [0, 0.05) is 18.0 Å². The van der Waals surface area contributed by atoms with Crippen molar-refractivity contribution >= 4 is 35.1 Å². The van der Waals surface area contributed by atoms with Crippen LogP contribution in [0.5, 0.6) is 0 Å². The molecule has 3 rings (SSSR count). The Morgan fingerprint density at radius 3 is 2.70 bits per heavy atom. The first-order chi connectivity index (χ1) is 14.6. The zero-order valence-corrected chi connectivity index (χ0v) is 18.9. The van der Waals surface area contributed by atoms with Crippen molar-refractivity contribution < 1.29 is 4.79 Å². The molecule has 156 valence electrons. The second-order valence-corrected chi connectivity index (χ2v) is 8.86. The SMILES string of the molecule is C=CCn1c(CSCc2ccccc2)nnc1SCC(=O)Nc1cc(C)ccc1C. The quantitative estimate of drug-likeness (QED) is 0.346. The molecule has 2 aromatic carbocycles. The van der Waals surface area contributed by atoms with E-state index in [-0.39, 0.29) is 11.7 Å². The maximum atomic E-state index is 12.4. The first kappa shape index (κ1) is 22.2. The van der Waals surface area contributed by atoms with Gasteiger partial charge in [0.2, 0.25) is 5.91 Å². The van der Waals surface area contributed by atoms with Gasteiger partial charge in [0.15, 0.2) is 5.16 Å². The van der Waals surface area contributed by atoms with Crippen molar-refractivity contribution in [3.05, 3.63) is 83.7 Å². The van der Waals surface area contributed by atoms with Gasteiger partial charge < -0.3 is 9.88 Å². The standard InChI is InChI=1S/C23H26N4OS2/c1-4-12-27-21(15-29-14-19-8-6-5-7-9-19)25-26-23(27)30-16-22(28)24-20-13-17(2)10-11-18(20)3/h4-11,13H,1,12,14-16H2,2-3H3,(H,24,28). The van der Waals surface area contributed by atoms with E-state index in [9.17, 15) is 4.79 Å². The lowest BCUT2D eigenvalue weighted by atomic mass is 10.1. The molecule has 0 saturated carbocycles. The first-order valence-corrected chi connectivity index (χ1v) is 11.9. The second-order valence-electron chi connectivity index (χ2n) is 6.93. The van der Waals surface area contributed by atoms with E-state index in [1.807, 2.05) is 60.9 Å². The maximum absolute atomic E-state index is 12.4. The summed E-state index contributed by atoms with van der Waals surface area (Å²) in [6.07, 6.45) is 1.83. The third kappa shape index (κ3) is 6.24. The average molecular weight is 439 g/mol. The van der Waals surface area contributed by atoms with Gasteiger partial charge in [0.1, 0.15) is 5.82 Å². The normalized spacial score (nSPS) is 10.7. The van der Waals surface area contributed by atoms with Crippen molar-refractivity contribution in [3.63, 3.8) is 0 Å². The number of carbonyl (C=O) groups excluding carboxylic acids is 1. The van der Waals surface area contributed by atoms with Gasteiger partial charge in [-0.15, -0.1) is 28.5 Å². The van der Waals surface area contributed by atoms with Gasteiger partial charge in [0.25, 0.3) is 0 Å². The summed E-state index contributed by atoms with van der Waals surface area (Å²) in [6.45, 7) is 8.46. The second kappa shape index (κ2) is 11.0. The highest BCUT2D eigenvalue weighted by Gasteiger charge is 2.14. The molecule has 5 nitrogen and oxygen atoms in total. The molecule has 0 unspecified atom stereocenters. The van der Waals surface area contributed by atoms with Crippen molar-refractivity contribution in [2.75, 3.05) is 11.1 Å². The Morgan fingerprint density at radius 2 is 1.93 bits per heavy atom. The van der Waals surface area contributed by atoms with Crippen LogP contribution in [0.1, 0.15) is 22.5 Å². The van der Waals surface area contributed by atoms with Gasteiger partial charge in [-0.3, -0.25) is 4.79 Å². The Kier molecular flexibility index (Phi) is 8.16. The summed E-state index contributed by atoms with van der Waals surface area (Å²) in [6, 6.07) is 16.4. The van der Waals surface area contributed by atoms with E-state index in [4.69, 9.17) is 0 Å². The number of anilines is 1. The number of thioether (sulfide) groups is 2. The topological polar surface area (TPSA) is 59.8 Å². The highest BCUT2D eigenvalue weighted by atomic mass is 32.2. The molecule has 0 spiro atoms. The third-order valence-electron chi connectivity index (χ3n) is 4.45. The van der Waals surface area contributed by atoms with Crippen LogP contribution < -0.4 is 5.32 Å². The lowest BCUT2D eigenvalue weighted by molar-refractivity contribution is -0.113. The van der Waals surface area contributed by atoms with E-state index >= 15 is 0 Å². The molecule has 0 aliphatic heterocycles. The van der Waals surface area contributed by atoms with E-state index in [1.165, 1.54) is 17.3 Å². The minimum Gasteiger partial charge on any atom is -0.325 e. The van der Waals surface area contributed by atoms with Crippen LogP contribution in [0.4, 0.5) is 5.69 Å². The largest absolute Gasteiger partial charge is 0.325 e. The van der Waals surface area contributed by atoms with Crippen molar-refractivity contribution in [1.82, 2.24) is 14.8 Å². The van der Waals surface area contributed by atoms with Crippen LogP contribution in [-0.4, -0.2) is 26.4 Å². The van der Waals surface area contributed by atoms with Crippen LogP contribution in [0.15, 0.2) is 66.3 Å². The van der Waals surface area contributed by atoms with Crippen LogP contribution >= 0.6 is 23.5 Å². The van der Waals surface area contributed by atoms with E-state index < -0.39 is 0 Å². The first-order valence-electron chi connectivity index (χ1n) is 9.71. The zero-order chi connectivity index (χ0) is 21.3. The summed E-state index contributed by atoms with van der Waals surface area (Å²) >= 11 is 3.19. The van der Waals surface area contributed by atoms with Crippen LogP contribution in [0.25, 0.3) is 0 Å². The molecule has 0 bridgehead atoms. The molecule has 7 heteroatoms. The number of amides is 1. The van der Waals surface area contributed by atoms with E-state index in [0.717, 1.165) is 39.3 Å². The maximum Gasteiger partial charge on any atom is 0.234 e. The minimum absolute atomic E-state index is 0.0538. The summed E-state index contributed by atoms with van der Waals surface area (Å²) in [5, 5.41) is 12.4. The van der Waals surface area contributed by atoms with Gasteiger partial charge in [-0.25, -0.2) is 0 Å². The van der Waals surface area contributed by atoms with Crippen LogP contribution in [0.3, 0.4) is 0 Å². The number of aryl methyl sites for hydroxylation is 2. The molecule has 1 aromatic heterocycles. The van der Waals surface area contributed by atoms with Crippen molar-refractivity contribution in [1.29, 1.82) is 0 Å². The fourth-order valence-corrected chi connectivity index (χ4v) is 4.56. The number of hydrogen-bond donors (Lipinski definition) is 1. The number of nitrogens with zero attached hydrogens (tertiary/aromatic N) is 3. The lowest BCUT2D eigenvalue weighted by Gasteiger charge is -2.10. The molecule has 0 saturated heterocycles. The third-order valence-corrected chi connectivity index (χ3v) is 6.41. The Morgan fingerprint density at radius 1 is 1.13 bits per heavy atom. The highest BCUT2D eigenvalue weighted by molar-refractivity contribution is 7.99. The predicted molar refractivity (Wildman–Crippen MR) is 127 cm³/mol. The van der Waals surface area contributed by atoms with E-state index in [2.05, 4.69) is 34.2 Å². The number of benzene rings is 2. The monoisotopic (exact) mass is 438 g/mol. The van der Waals surface area contributed by atoms with E-state index in [1.54, 1.807) is 11.8 Å². The number of aromatic nitrogens is 3. The van der Waals surface area contributed by atoms with Crippen molar-refractivity contribution in [3.8, 4) is 0 Å². The number of rotatable bonds is 10. The molecule has 0 aliphatic rings. The highest BCUT2D eigenvalue weighted by Crippen LogP contribution is 2.23. The fraction of sp³-hybridized carbons (Fsp3) is 0.261. The number of allylic oxidation sites excluding steroid dienone is 1. The molecule has 3 aromatic rings. The molecule has 1 amide bonds. The van der Waals surface area contributed by atoms with Crippen molar-refractivity contribution in [2.24, 2.45) is 0 Å². The minimum atomic E-state index is -0.0538. The smallest absolute Gasteiger partial charge is 0.234 e. The molecule has 0 atom stereocenters. The summed E-state index contributed by atoms with van der Waals surface area (Å²) in [5.41, 5.74) is 4.31. The number of nitrogens with one attached hydrogen (secondary N) is 1. The Balaban J connectivity index is 1.58.